The number of aryl methyl sites for hydroxylation is 1. The molecule has 0 spiro atoms. The topological polar surface area (TPSA) is 35.0 Å². The first-order chi connectivity index (χ1) is 8.35. The Bertz CT molecular complexity index is 434. The first-order valence-electron chi connectivity index (χ1n) is 6.51. The molecule has 0 aliphatic heterocycles. The van der Waals surface area contributed by atoms with E-state index in [1.807, 2.05) is 6.92 Å². The number of aromatic nitrogens is 2. The van der Waals surface area contributed by atoms with Crippen LogP contribution in [0.15, 0.2) is 6.20 Å². The van der Waals surface area contributed by atoms with E-state index in [4.69, 9.17) is 16.3 Å². The molecule has 0 amide bonds. The number of ether oxygens (including phenoxy) is 1. The summed E-state index contributed by atoms with van der Waals surface area (Å²) < 4.78 is 6.04. The first-order valence-corrected chi connectivity index (χ1v) is 6.89. The summed E-state index contributed by atoms with van der Waals surface area (Å²) in [6, 6.07) is 0. The zero-order valence-corrected chi connectivity index (χ0v) is 12.3. The van der Waals surface area contributed by atoms with Crippen LogP contribution >= 0.6 is 11.6 Å². The van der Waals surface area contributed by atoms with Gasteiger partial charge in [0.2, 0.25) is 11.2 Å². The van der Waals surface area contributed by atoms with Gasteiger partial charge in [0.05, 0.1) is 0 Å². The summed E-state index contributed by atoms with van der Waals surface area (Å²) in [4.78, 5) is 8.12. The van der Waals surface area contributed by atoms with Gasteiger partial charge in [-0.3, -0.25) is 0 Å². The molecular weight excluding hydrogens is 248 g/mol. The minimum absolute atomic E-state index is 0.230. The van der Waals surface area contributed by atoms with Crippen LogP contribution in [0.3, 0.4) is 0 Å². The minimum atomic E-state index is 0.230. The molecule has 0 aromatic carbocycles. The van der Waals surface area contributed by atoms with E-state index in [9.17, 15) is 0 Å². The van der Waals surface area contributed by atoms with Crippen molar-refractivity contribution in [3.8, 4) is 5.88 Å². The highest BCUT2D eigenvalue weighted by Crippen LogP contribution is 2.40. The maximum absolute atomic E-state index is 6.04. The van der Waals surface area contributed by atoms with Gasteiger partial charge >= 0.3 is 0 Å². The lowest BCUT2D eigenvalue weighted by Crippen LogP contribution is -2.34. The molecule has 3 nitrogen and oxygen atoms in total. The number of halogens is 1. The maximum Gasteiger partial charge on any atom is 0.225 e. The lowest BCUT2D eigenvalue weighted by Gasteiger charge is -2.38. The van der Waals surface area contributed by atoms with Gasteiger partial charge in [0.15, 0.2) is 0 Å². The third kappa shape index (κ3) is 3.35. The predicted octanol–water partition coefficient (Wildman–Crippen LogP) is 4.03. The summed E-state index contributed by atoms with van der Waals surface area (Å²) in [6.45, 7) is 8.85. The molecule has 100 valence electrons. The molecule has 0 N–H and O–H groups in total. The highest BCUT2D eigenvalue weighted by atomic mass is 35.5. The van der Waals surface area contributed by atoms with Gasteiger partial charge in [0.25, 0.3) is 0 Å². The Morgan fingerprint density at radius 3 is 2.78 bits per heavy atom. The van der Waals surface area contributed by atoms with Gasteiger partial charge in [0, 0.05) is 11.8 Å². The Hall–Kier alpha value is -0.830. The third-order valence-electron chi connectivity index (χ3n) is 3.52. The van der Waals surface area contributed by atoms with Crippen molar-refractivity contribution in [2.75, 3.05) is 0 Å². The van der Waals surface area contributed by atoms with E-state index >= 15 is 0 Å². The molecule has 1 saturated carbocycles. The van der Waals surface area contributed by atoms with Crippen LogP contribution in [-0.2, 0) is 0 Å². The molecule has 1 aliphatic carbocycles. The number of nitrogens with zero attached hydrogens (tertiary/aromatic N) is 2. The summed E-state index contributed by atoms with van der Waals surface area (Å²) in [7, 11) is 0. The van der Waals surface area contributed by atoms with Crippen molar-refractivity contribution >= 4 is 11.6 Å². The van der Waals surface area contributed by atoms with E-state index < -0.39 is 0 Å². The van der Waals surface area contributed by atoms with Crippen molar-refractivity contribution in [3.05, 3.63) is 17.0 Å². The minimum Gasteiger partial charge on any atom is -0.474 e. The number of hydrogen-bond donors (Lipinski definition) is 0. The van der Waals surface area contributed by atoms with Gasteiger partial charge in [-0.05, 0) is 49.1 Å². The highest BCUT2D eigenvalue weighted by Gasteiger charge is 2.33. The highest BCUT2D eigenvalue weighted by molar-refractivity contribution is 6.28. The zero-order chi connectivity index (χ0) is 13.3. The normalized spacial score (nSPS) is 26.9. The molecule has 0 bridgehead atoms. The van der Waals surface area contributed by atoms with Crippen LogP contribution in [0.25, 0.3) is 0 Å². The Morgan fingerprint density at radius 2 is 2.11 bits per heavy atom. The summed E-state index contributed by atoms with van der Waals surface area (Å²) in [5, 5.41) is 0.249. The van der Waals surface area contributed by atoms with E-state index in [1.165, 1.54) is 6.42 Å². The summed E-state index contributed by atoms with van der Waals surface area (Å²) in [5.41, 5.74) is 1.28. The summed E-state index contributed by atoms with van der Waals surface area (Å²) in [6.07, 6.45) is 5.36. The van der Waals surface area contributed by atoms with Crippen LogP contribution in [0, 0.1) is 18.3 Å². The first kappa shape index (κ1) is 13.6. The Balaban J connectivity index is 2.11. The Morgan fingerprint density at radius 1 is 1.39 bits per heavy atom. The van der Waals surface area contributed by atoms with E-state index in [2.05, 4.69) is 30.7 Å². The van der Waals surface area contributed by atoms with Crippen molar-refractivity contribution in [3.63, 3.8) is 0 Å². The van der Waals surface area contributed by atoms with Crippen LogP contribution in [0.4, 0.5) is 0 Å². The molecule has 1 aromatic heterocycles. The Kier molecular flexibility index (Phi) is 3.81. The van der Waals surface area contributed by atoms with Crippen LogP contribution in [0.1, 0.15) is 45.6 Å². The van der Waals surface area contributed by atoms with Crippen LogP contribution in [0.5, 0.6) is 5.88 Å². The lowest BCUT2D eigenvalue weighted by molar-refractivity contribution is 0.0526. The molecule has 18 heavy (non-hydrogen) atoms. The predicted molar refractivity (Wildman–Crippen MR) is 73.0 cm³/mol. The molecule has 1 heterocycles. The summed E-state index contributed by atoms with van der Waals surface area (Å²) in [5.74, 6) is 1.32. The molecule has 2 rings (SSSR count). The van der Waals surface area contributed by atoms with E-state index in [0.717, 1.165) is 18.4 Å². The molecule has 0 radical (unpaired) electrons. The average Bonchev–Trinajstić information content (AvgIpc) is 2.20. The van der Waals surface area contributed by atoms with Crippen molar-refractivity contribution in [2.45, 2.75) is 53.1 Å². The van der Waals surface area contributed by atoms with Gasteiger partial charge in [-0.2, -0.15) is 4.98 Å². The lowest BCUT2D eigenvalue weighted by atomic mass is 9.71. The van der Waals surface area contributed by atoms with Crippen molar-refractivity contribution in [1.82, 2.24) is 9.97 Å². The fraction of sp³-hybridized carbons (Fsp3) is 0.714. The van der Waals surface area contributed by atoms with Gasteiger partial charge in [-0.15, -0.1) is 0 Å². The quantitative estimate of drug-likeness (QED) is 0.760. The van der Waals surface area contributed by atoms with Crippen LogP contribution in [-0.4, -0.2) is 16.1 Å². The standard InChI is InChI=1S/C14H21ClN2O/c1-9-5-11(7-14(3,4)6-9)18-12-10(2)8-16-13(15)17-12/h8-9,11H,5-7H2,1-4H3. The molecule has 1 aromatic rings. The molecule has 1 aliphatic rings. The van der Waals surface area contributed by atoms with E-state index in [1.54, 1.807) is 6.20 Å². The molecular formula is C14H21ClN2O. The second-order valence-corrected chi connectivity index (χ2v) is 6.62. The maximum atomic E-state index is 6.04. The SMILES string of the molecule is Cc1cnc(Cl)nc1OC1CC(C)CC(C)(C)C1. The fourth-order valence-corrected chi connectivity index (χ4v) is 3.16. The fourth-order valence-electron chi connectivity index (χ4n) is 3.03. The Labute approximate surface area is 114 Å². The molecule has 2 unspecified atom stereocenters. The molecule has 4 heteroatoms. The van der Waals surface area contributed by atoms with Gasteiger partial charge in [-0.25, -0.2) is 4.98 Å². The van der Waals surface area contributed by atoms with Crippen LogP contribution in [0.2, 0.25) is 5.28 Å². The van der Waals surface area contributed by atoms with Crippen molar-refractivity contribution < 1.29 is 4.74 Å². The van der Waals surface area contributed by atoms with Gasteiger partial charge < -0.3 is 4.74 Å². The summed E-state index contributed by atoms with van der Waals surface area (Å²) >= 11 is 5.82. The van der Waals surface area contributed by atoms with Crippen LogP contribution < -0.4 is 4.74 Å². The molecule has 0 saturated heterocycles. The van der Waals surface area contributed by atoms with Gasteiger partial charge in [0.1, 0.15) is 6.10 Å². The largest absolute Gasteiger partial charge is 0.474 e. The van der Waals surface area contributed by atoms with Gasteiger partial charge in [-0.1, -0.05) is 20.8 Å². The van der Waals surface area contributed by atoms with E-state index in [0.29, 0.717) is 17.2 Å². The van der Waals surface area contributed by atoms with E-state index in [-0.39, 0.29) is 11.4 Å². The third-order valence-corrected chi connectivity index (χ3v) is 3.70. The van der Waals surface area contributed by atoms with Crippen molar-refractivity contribution in [1.29, 1.82) is 0 Å². The second-order valence-electron chi connectivity index (χ2n) is 6.28. The number of rotatable bonds is 2. The second kappa shape index (κ2) is 5.04. The van der Waals surface area contributed by atoms with Crippen molar-refractivity contribution in [2.24, 2.45) is 11.3 Å². The average molecular weight is 269 g/mol. The zero-order valence-electron chi connectivity index (χ0n) is 11.5. The number of hydrogen-bond acceptors (Lipinski definition) is 3. The molecule has 2 atom stereocenters. The smallest absolute Gasteiger partial charge is 0.225 e. The monoisotopic (exact) mass is 268 g/mol. The molecule has 1 fully saturated rings.